The molecule has 3 heterocycles. The van der Waals surface area contributed by atoms with E-state index in [1.165, 1.54) is 0 Å². The maximum atomic E-state index is 12.5. The summed E-state index contributed by atoms with van der Waals surface area (Å²) < 4.78 is 16.6. The van der Waals surface area contributed by atoms with E-state index in [-0.39, 0.29) is 36.4 Å². The molecule has 0 aromatic heterocycles. The minimum absolute atomic E-state index is 0.0233. The molecule has 2 fully saturated rings. The number of carbonyl (C=O) groups is 2. The predicted octanol–water partition coefficient (Wildman–Crippen LogP) is 3.77. The van der Waals surface area contributed by atoms with Crippen molar-refractivity contribution in [1.82, 2.24) is 4.90 Å². The number of hydrogen-bond donors (Lipinski definition) is 2. The smallest absolute Gasteiger partial charge is 0.409 e. The third kappa shape index (κ3) is 8.18. The van der Waals surface area contributed by atoms with Crippen molar-refractivity contribution in [1.29, 1.82) is 0 Å². The molecule has 0 aromatic rings. The Morgan fingerprint density at radius 2 is 2.11 bits per heavy atom. The lowest BCUT2D eigenvalue weighted by atomic mass is 9.85. The predicted molar refractivity (Wildman–Crippen MR) is 136 cm³/mol. The number of hydrogen-bond acceptors (Lipinski definition) is 7. The molecule has 8 heteroatoms. The van der Waals surface area contributed by atoms with Crippen LogP contribution in [0, 0.1) is 17.3 Å². The van der Waals surface area contributed by atoms with Crippen molar-refractivity contribution < 1.29 is 34.0 Å². The first kappa shape index (κ1) is 28.4. The summed E-state index contributed by atoms with van der Waals surface area (Å²) in [7, 11) is 0. The molecular weight excluding hydrogens is 462 g/mol. The third-order valence-corrected chi connectivity index (χ3v) is 7.38. The van der Waals surface area contributed by atoms with E-state index in [9.17, 15) is 19.8 Å². The molecule has 1 amide bonds. The summed E-state index contributed by atoms with van der Waals surface area (Å²) in [4.78, 5) is 26.6. The summed E-state index contributed by atoms with van der Waals surface area (Å²) in [5.74, 6) is -0.536. The van der Waals surface area contributed by atoms with Crippen LogP contribution in [0.1, 0.15) is 59.8 Å². The molecule has 1 spiro atoms. The minimum atomic E-state index is -0.926. The van der Waals surface area contributed by atoms with E-state index >= 15 is 0 Å². The van der Waals surface area contributed by atoms with Crippen molar-refractivity contribution in [3.63, 3.8) is 0 Å². The zero-order valence-electron chi connectivity index (χ0n) is 22.2. The van der Waals surface area contributed by atoms with Gasteiger partial charge >= 0.3 is 12.1 Å². The Hall–Kier alpha value is -2.16. The summed E-state index contributed by atoms with van der Waals surface area (Å²) in [6, 6.07) is 0. The molecule has 202 valence electrons. The van der Waals surface area contributed by atoms with E-state index in [4.69, 9.17) is 14.2 Å². The van der Waals surface area contributed by atoms with Crippen molar-refractivity contribution in [3.8, 4) is 0 Å². The Morgan fingerprint density at radius 1 is 1.36 bits per heavy atom. The van der Waals surface area contributed by atoms with Crippen LogP contribution < -0.4 is 0 Å². The SMILES string of the molecule is C/C(=C\C=C\[C@@H](C)COC(=O)N1CCC2(COC2)C1)[C@H]1OC(=O)C[C@H](O)CC[C@@](C)(O)C/C=C/[C@@H]1C. The Labute approximate surface area is 215 Å². The van der Waals surface area contributed by atoms with E-state index in [1.54, 1.807) is 11.8 Å². The number of rotatable bonds is 5. The van der Waals surface area contributed by atoms with Crippen molar-refractivity contribution in [3.05, 3.63) is 36.0 Å². The van der Waals surface area contributed by atoms with E-state index in [1.807, 2.05) is 51.2 Å². The van der Waals surface area contributed by atoms with Crippen LogP contribution in [0.5, 0.6) is 0 Å². The van der Waals surface area contributed by atoms with Gasteiger partial charge in [0, 0.05) is 30.3 Å². The van der Waals surface area contributed by atoms with Crippen molar-refractivity contribution in [2.45, 2.75) is 77.6 Å². The highest BCUT2D eigenvalue weighted by Crippen LogP contribution is 2.37. The number of cyclic esters (lactones) is 1. The number of carbonyl (C=O) groups excluding carboxylic acids is 2. The highest BCUT2D eigenvalue weighted by atomic mass is 16.6. The Morgan fingerprint density at radius 3 is 2.78 bits per heavy atom. The molecule has 0 aliphatic carbocycles. The third-order valence-electron chi connectivity index (χ3n) is 7.38. The maximum absolute atomic E-state index is 12.5. The fourth-order valence-electron chi connectivity index (χ4n) is 4.87. The number of aliphatic hydroxyl groups excluding tert-OH is 1. The average Bonchev–Trinajstić information content (AvgIpc) is 3.25. The van der Waals surface area contributed by atoms with Gasteiger partial charge in [0.25, 0.3) is 0 Å². The summed E-state index contributed by atoms with van der Waals surface area (Å²) in [6.45, 7) is 10.8. The van der Waals surface area contributed by atoms with Crippen LogP contribution >= 0.6 is 0 Å². The van der Waals surface area contributed by atoms with E-state index in [0.717, 1.165) is 31.8 Å². The highest BCUT2D eigenvalue weighted by molar-refractivity contribution is 5.70. The molecule has 0 radical (unpaired) electrons. The summed E-state index contributed by atoms with van der Waals surface area (Å²) in [6.07, 6.45) is 10.1. The van der Waals surface area contributed by atoms with Gasteiger partial charge in [0.2, 0.25) is 0 Å². The molecular formula is C28H43NO7. The number of esters is 1. The second kappa shape index (κ2) is 12.4. The van der Waals surface area contributed by atoms with Crippen LogP contribution in [-0.2, 0) is 19.0 Å². The van der Waals surface area contributed by atoms with Crippen LogP contribution in [0.25, 0.3) is 0 Å². The van der Waals surface area contributed by atoms with E-state index in [2.05, 4.69) is 0 Å². The normalized spacial score (nSPS) is 33.4. The number of allylic oxidation sites excluding steroid dienone is 2. The highest BCUT2D eigenvalue weighted by Gasteiger charge is 2.46. The van der Waals surface area contributed by atoms with Crippen LogP contribution in [0.3, 0.4) is 0 Å². The standard InChI is InChI=1S/C28H43NO7/c1-20(16-35-26(32)29-14-13-28(17-29)18-34-19-28)7-5-8-21(2)25-22(3)9-6-11-27(4,33)12-10-23(30)15-24(31)36-25/h5-9,20,22-23,25,30,33H,10-19H2,1-4H3/b7-5+,9-6+,21-8+/t20-,22+,23-,25-,27+/m1/s1. The first-order valence-electron chi connectivity index (χ1n) is 13.1. The zero-order chi connectivity index (χ0) is 26.3. The van der Waals surface area contributed by atoms with Crippen LogP contribution in [0.4, 0.5) is 4.79 Å². The fourth-order valence-corrected chi connectivity index (χ4v) is 4.87. The van der Waals surface area contributed by atoms with Gasteiger partial charge < -0.3 is 29.3 Å². The van der Waals surface area contributed by atoms with Gasteiger partial charge in [-0.15, -0.1) is 0 Å². The second-order valence-corrected chi connectivity index (χ2v) is 11.3. The molecule has 36 heavy (non-hydrogen) atoms. The molecule has 5 atom stereocenters. The molecule has 0 saturated carbocycles. The van der Waals surface area contributed by atoms with Gasteiger partial charge in [-0.3, -0.25) is 4.79 Å². The molecule has 0 bridgehead atoms. The van der Waals surface area contributed by atoms with Crippen molar-refractivity contribution in [2.24, 2.45) is 17.3 Å². The van der Waals surface area contributed by atoms with Crippen LogP contribution in [-0.4, -0.2) is 77.9 Å². The average molecular weight is 506 g/mol. The van der Waals surface area contributed by atoms with E-state index in [0.29, 0.717) is 25.8 Å². The lowest BCUT2D eigenvalue weighted by Gasteiger charge is -2.37. The summed E-state index contributed by atoms with van der Waals surface area (Å²) in [5, 5.41) is 20.7. The first-order valence-corrected chi connectivity index (χ1v) is 13.1. The summed E-state index contributed by atoms with van der Waals surface area (Å²) >= 11 is 0. The Bertz CT molecular complexity index is 858. The van der Waals surface area contributed by atoms with Gasteiger partial charge in [0.15, 0.2) is 0 Å². The number of ether oxygens (including phenoxy) is 3. The lowest BCUT2D eigenvalue weighted by molar-refractivity contribution is -0.151. The number of likely N-dealkylation sites (tertiary alicyclic amines) is 1. The van der Waals surface area contributed by atoms with Gasteiger partial charge in [-0.2, -0.15) is 0 Å². The van der Waals surface area contributed by atoms with Gasteiger partial charge in [0.05, 0.1) is 37.9 Å². The lowest BCUT2D eigenvalue weighted by Crippen LogP contribution is -2.45. The summed E-state index contributed by atoms with van der Waals surface area (Å²) in [5.41, 5.74) is 0.0842. The second-order valence-electron chi connectivity index (χ2n) is 11.3. The molecule has 3 rings (SSSR count). The number of nitrogens with zero attached hydrogens (tertiary/aromatic N) is 1. The molecule has 0 unspecified atom stereocenters. The number of amides is 1. The maximum Gasteiger partial charge on any atom is 0.409 e. The topological polar surface area (TPSA) is 106 Å². The fraction of sp³-hybridized carbons (Fsp3) is 0.714. The quantitative estimate of drug-likeness (QED) is 0.333. The van der Waals surface area contributed by atoms with E-state index < -0.39 is 23.8 Å². The largest absolute Gasteiger partial charge is 0.457 e. The van der Waals surface area contributed by atoms with Gasteiger partial charge in [-0.05, 0) is 45.1 Å². The number of aliphatic hydroxyl groups is 2. The molecule has 3 aliphatic heterocycles. The van der Waals surface area contributed by atoms with Gasteiger partial charge in [0.1, 0.15) is 6.10 Å². The van der Waals surface area contributed by atoms with Gasteiger partial charge in [-0.25, -0.2) is 4.79 Å². The monoisotopic (exact) mass is 505 g/mol. The first-order chi connectivity index (χ1) is 17.0. The molecule has 2 N–H and O–H groups in total. The van der Waals surface area contributed by atoms with Crippen LogP contribution in [0.15, 0.2) is 36.0 Å². The van der Waals surface area contributed by atoms with Gasteiger partial charge in [-0.1, -0.05) is 44.2 Å². The van der Waals surface area contributed by atoms with Crippen molar-refractivity contribution in [2.75, 3.05) is 32.9 Å². The molecule has 0 aromatic carbocycles. The Balaban J connectivity index is 1.54. The Kier molecular flexibility index (Phi) is 9.78. The van der Waals surface area contributed by atoms with Crippen LogP contribution in [0.2, 0.25) is 0 Å². The molecule has 8 nitrogen and oxygen atoms in total. The zero-order valence-corrected chi connectivity index (χ0v) is 22.2. The van der Waals surface area contributed by atoms with Crippen molar-refractivity contribution >= 4 is 12.1 Å². The molecule has 3 aliphatic rings. The minimum Gasteiger partial charge on any atom is -0.457 e. The molecule has 2 saturated heterocycles.